The van der Waals surface area contributed by atoms with Gasteiger partial charge in [-0.25, -0.2) is 4.79 Å². The van der Waals surface area contributed by atoms with Gasteiger partial charge in [0.2, 0.25) is 0 Å². The molecule has 1 aromatic carbocycles. The zero-order chi connectivity index (χ0) is 18.7. The smallest absolute Gasteiger partial charge is 0.317 e. The van der Waals surface area contributed by atoms with Gasteiger partial charge in [-0.05, 0) is 38.3 Å². The molecule has 3 atom stereocenters. The second kappa shape index (κ2) is 7.66. The summed E-state index contributed by atoms with van der Waals surface area (Å²) >= 11 is 0. The molecule has 6 nitrogen and oxygen atoms in total. The Balaban J connectivity index is 1.49. The minimum atomic E-state index is -0.744. The number of urea groups is 1. The Hall–Kier alpha value is -2.08. The Morgan fingerprint density at radius 2 is 2.12 bits per heavy atom. The molecule has 2 aliphatic rings. The van der Waals surface area contributed by atoms with Gasteiger partial charge in [0, 0.05) is 32.2 Å². The molecule has 2 amide bonds. The summed E-state index contributed by atoms with van der Waals surface area (Å²) in [6, 6.07) is 10.1. The molecular weight excluding hydrogens is 330 g/mol. The lowest BCUT2D eigenvalue weighted by Gasteiger charge is -2.26. The van der Waals surface area contributed by atoms with Crippen LogP contribution >= 0.6 is 0 Å². The molecule has 0 spiro atoms. The van der Waals surface area contributed by atoms with Crippen LogP contribution in [0.25, 0.3) is 0 Å². The molecule has 3 rings (SSSR count). The highest BCUT2D eigenvalue weighted by Crippen LogP contribution is 2.48. The summed E-state index contributed by atoms with van der Waals surface area (Å²) in [5.74, 6) is -0.646. The number of aliphatic carboxylic acids is 1. The van der Waals surface area contributed by atoms with Crippen molar-refractivity contribution < 1.29 is 14.7 Å². The number of carbonyl (C=O) groups excluding carboxylic acids is 1. The Morgan fingerprint density at radius 3 is 2.77 bits per heavy atom. The molecular formula is C20H29N3O3. The van der Waals surface area contributed by atoms with Crippen LogP contribution < -0.4 is 5.32 Å². The average Bonchev–Trinajstić information content (AvgIpc) is 3.13. The summed E-state index contributed by atoms with van der Waals surface area (Å²) < 4.78 is 0. The van der Waals surface area contributed by atoms with Crippen molar-refractivity contribution in [2.45, 2.75) is 38.8 Å². The van der Waals surface area contributed by atoms with Crippen LogP contribution in [-0.4, -0.2) is 59.6 Å². The highest BCUT2D eigenvalue weighted by Gasteiger charge is 2.55. The van der Waals surface area contributed by atoms with Crippen LogP contribution in [0.3, 0.4) is 0 Å². The first-order valence-electron chi connectivity index (χ1n) is 9.42. The van der Waals surface area contributed by atoms with Crippen molar-refractivity contribution in [3.05, 3.63) is 35.9 Å². The van der Waals surface area contributed by atoms with E-state index in [2.05, 4.69) is 22.3 Å². The zero-order valence-corrected chi connectivity index (χ0v) is 15.6. The number of likely N-dealkylation sites (tertiary alicyclic amines) is 1. The predicted molar refractivity (Wildman–Crippen MR) is 99.8 cm³/mol. The Bertz CT molecular complexity index is 651. The van der Waals surface area contributed by atoms with Crippen molar-refractivity contribution in [3.8, 4) is 0 Å². The molecule has 2 N–H and O–H groups in total. The van der Waals surface area contributed by atoms with Gasteiger partial charge >= 0.3 is 12.0 Å². The largest absolute Gasteiger partial charge is 0.481 e. The first-order valence-corrected chi connectivity index (χ1v) is 9.42. The first kappa shape index (κ1) is 18.7. The molecule has 2 fully saturated rings. The standard InChI is InChI=1S/C20H29N3O3/c1-15(11-22(2)12-16-7-4-3-5-8-16)21-19(26)23-13-17-9-6-10-20(17,14-23)18(24)25/h3-5,7-8,15,17H,6,9-14H2,1-2H3,(H,21,26)(H,24,25)/t15-,17+,20-/m1/s1. The van der Waals surface area contributed by atoms with Crippen LogP contribution in [0, 0.1) is 11.3 Å². The van der Waals surface area contributed by atoms with E-state index in [9.17, 15) is 14.7 Å². The summed E-state index contributed by atoms with van der Waals surface area (Å²) in [6.07, 6.45) is 2.55. The molecule has 1 heterocycles. The number of rotatable bonds is 6. The highest BCUT2D eigenvalue weighted by molar-refractivity contribution is 5.80. The lowest BCUT2D eigenvalue weighted by molar-refractivity contribution is -0.149. The van der Waals surface area contributed by atoms with E-state index < -0.39 is 11.4 Å². The number of carboxylic acid groups (broad SMARTS) is 1. The van der Waals surface area contributed by atoms with E-state index in [1.807, 2.05) is 32.2 Å². The Labute approximate surface area is 155 Å². The van der Waals surface area contributed by atoms with Crippen molar-refractivity contribution in [3.63, 3.8) is 0 Å². The monoisotopic (exact) mass is 359 g/mol. The summed E-state index contributed by atoms with van der Waals surface area (Å²) in [5.41, 5.74) is 0.523. The molecule has 0 aromatic heterocycles. The van der Waals surface area contributed by atoms with E-state index in [1.54, 1.807) is 4.90 Å². The molecule has 1 aliphatic carbocycles. The number of hydrogen-bond donors (Lipinski definition) is 2. The van der Waals surface area contributed by atoms with Crippen LogP contribution in [0.1, 0.15) is 31.7 Å². The van der Waals surface area contributed by atoms with E-state index in [4.69, 9.17) is 0 Å². The third-order valence-corrected chi connectivity index (χ3v) is 5.83. The van der Waals surface area contributed by atoms with E-state index in [-0.39, 0.29) is 18.0 Å². The maximum Gasteiger partial charge on any atom is 0.317 e. The maximum atomic E-state index is 12.6. The minimum Gasteiger partial charge on any atom is -0.481 e. The number of likely N-dealkylation sites (N-methyl/N-ethyl adjacent to an activating group) is 1. The molecule has 6 heteroatoms. The predicted octanol–water partition coefficient (Wildman–Crippen LogP) is 2.40. The molecule has 26 heavy (non-hydrogen) atoms. The van der Waals surface area contributed by atoms with Gasteiger partial charge in [0.1, 0.15) is 0 Å². The SMILES string of the molecule is C[C@H](CN(C)Cc1ccccc1)NC(=O)N1C[C@@H]2CCC[C@@]2(C(=O)O)C1. The normalized spacial score (nSPS) is 26.0. The molecule has 1 aromatic rings. The van der Waals surface area contributed by atoms with Crippen molar-refractivity contribution in [1.82, 2.24) is 15.1 Å². The second-order valence-corrected chi connectivity index (χ2v) is 7.96. The fraction of sp³-hybridized carbons (Fsp3) is 0.600. The summed E-state index contributed by atoms with van der Waals surface area (Å²) in [7, 11) is 2.04. The van der Waals surface area contributed by atoms with Gasteiger partial charge in [-0.15, -0.1) is 0 Å². The van der Waals surface area contributed by atoms with Crippen molar-refractivity contribution in [2.75, 3.05) is 26.7 Å². The van der Waals surface area contributed by atoms with Gasteiger partial charge in [0.15, 0.2) is 0 Å². The maximum absolute atomic E-state index is 12.6. The van der Waals surface area contributed by atoms with Crippen molar-refractivity contribution in [1.29, 1.82) is 0 Å². The molecule has 1 saturated heterocycles. The number of benzene rings is 1. The number of nitrogens with zero attached hydrogens (tertiary/aromatic N) is 2. The van der Waals surface area contributed by atoms with E-state index in [0.717, 1.165) is 25.9 Å². The Kier molecular flexibility index (Phi) is 5.51. The quantitative estimate of drug-likeness (QED) is 0.818. The summed E-state index contributed by atoms with van der Waals surface area (Å²) in [5, 5.41) is 12.7. The molecule has 142 valence electrons. The number of fused-ring (bicyclic) bond motifs is 1. The fourth-order valence-electron chi connectivity index (χ4n) is 4.57. The van der Waals surface area contributed by atoms with Gasteiger partial charge in [-0.3, -0.25) is 4.79 Å². The molecule has 1 aliphatic heterocycles. The van der Waals surface area contributed by atoms with E-state index in [0.29, 0.717) is 19.5 Å². The lowest BCUT2D eigenvalue weighted by Crippen LogP contribution is -2.47. The van der Waals surface area contributed by atoms with Gasteiger partial charge in [-0.1, -0.05) is 36.8 Å². The van der Waals surface area contributed by atoms with Crippen LogP contribution in [0.5, 0.6) is 0 Å². The average molecular weight is 359 g/mol. The zero-order valence-electron chi connectivity index (χ0n) is 15.6. The number of nitrogens with one attached hydrogen (secondary N) is 1. The number of amides is 2. The second-order valence-electron chi connectivity index (χ2n) is 7.96. The minimum absolute atomic E-state index is 0.00238. The molecule has 0 unspecified atom stereocenters. The lowest BCUT2D eigenvalue weighted by atomic mass is 9.81. The summed E-state index contributed by atoms with van der Waals surface area (Å²) in [6.45, 7) is 4.45. The van der Waals surface area contributed by atoms with Gasteiger partial charge in [0.25, 0.3) is 0 Å². The number of carbonyl (C=O) groups is 2. The van der Waals surface area contributed by atoms with Crippen LogP contribution in [0.4, 0.5) is 4.79 Å². The van der Waals surface area contributed by atoms with E-state index in [1.165, 1.54) is 5.56 Å². The molecule has 0 bridgehead atoms. The van der Waals surface area contributed by atoms with Crippen molar-refractivity contribution >= 4 is 12.0 Å². The van der Waals surface area contributed by atoms with Crippen molar-refractivity contribution in [2.24, 2.45) is 11.3 Å². The number of hydrogen-bond acceptors (Lipinski definition) is 3. The topological polar surface area (TPSA) is 72.9 Å². The van der Waals surface area contributed by atoms with Crippen LogP contribution in [0.15, 0.2) is 30.3 Å². The first-order chi connectivity index (χ1) is 12.4. The van der Waals surface area contributed by atoms with Crippen LogP contribution in [-0.2, 0) is 11.3 Å². The Morgan fingerprint density at radius 1 is 1.38 bits per heavy atom. The third-order valence-electron chi connectivity index (χ3n) is 5.83. The third kappa shape index (κ3) is 3.85. The van der Waals surface area contributed by atoms with Gasteiger partial charge < -0.3 is 20.2 Å². The van der Waals surface area contributed by atoms with Gasteiger partial charge in [-0.2, -0.15) is 0 Å². The fourth-order valence-corrected chi connectivity index (χ4v) is 4.57. The van der Waals surface area contributed by atoms with Crippen LogP contribution in [0.2, 0.25) is 0 Å². The highest BCUT2D eigenvalue weighted by atomic mass is 16.4. The van der Waals surface area contributed by atoms with E-state index >= 15 is 0 Å². The molecule has 1 saturated carbocycles. The summed E-state index contributed by atoms with van der Waals surface area (Å²) in [4.78, 5) is 28.2. The van der Waals surface area contributed by atoms with Gasteiger partial charge in [0.05, 0.1) is 5.41 Å². The molecule has 0 radical (unpaired) electrons. The number of carboxylic acids is 1.